The van der Waals surface area contributed by atoms with Crippen LogP contribution in [0.4, 0.5) is 0 Å². The predicted octanol–water partition coefficient (Wildman–Crippen LogP) is 3.61. The molecule has 0 bridgehead atoms. The standard InChI is InChI=1S/C19H37N5S/c1-9-20-18(21-10-11-24(14(2)3)15(4)5)22-12-17-23-16(13-25-17)19(6,7)8/h13-15H,9-12H2,1-8H3,(H2,20,21,22). The highest BCUT2D eigenvalue weighted by Crippen LogP contribution is 2.24. The number of hydrogen-bond donors (Lipinski definition) is 2. The van der Waals surface area contributed by atoms with Crippen LogP contribution < -0.4 is 10.6 Å². The minimum absolute atomic E-state index is 0.0956. The third-order valence-corrected chi connectivity index (χ3v) is 4.86. The van der Waals surface area contributed by atoms with Gasteiger partial charge in [-0.15, -0.1) is 11.3 Å². The molecular formula is C19H37N5S. The number of thiazole rings is 1. The first-order chi connectivity index (χ1) is 11.6. The maximum absolute atomic E-state index is 4.72. The summed E-state index contributed by atoms with van der Waals surface area (Å²) >= 11 is 1.69. The lowest BCUT2D eigenvalue weighted by Crippen LogP contribution is -2.45. The van der Waals surface area contributed by atoms with Gasteiger partial charge < -0.3 is 10.6 Å². The van der Waals surface area contributed by atoms with Crippen molar-refractivity contribution in [2.75, 3.05) is 19.6 Å². The van der Waals surface area contributed by atoms with Crippen molar-refractivity contribution < 1.29 is 0 Å². The molecule has 0 unspecified atom stereocenters. The molecule has 1 aromatic rings. The van der Waals surface area contributed by atoms with E-state index in [2.05, 4.69) is 81.3 Å². The van der Waals surface area contributed by atoms with Crippen LogP contribution in [0.25, 0.3) is 0 Å². The fourth-order valence-electron chi connectivity index (χ4n) is 2.63. The molecule has 25 heavy (non-hydrogen) atoms. The van der Waals surface area contributed by atoms with Gasteiger partial charge in [0.1, 0.15) is 5.01 Å². The molecule has 0 atom stereocenters. The van der Waals surface area contributed by atoms with Crippen LogP contribution in [0.2, 0.25) is 0 Å². The van der Waals surface area contributed by atoms with E-state index in [1.807, 2.05) is 0 Å². The Bertz CT molecular complexity index is 520. The fourth-order valence-corrected chi connectivity index (χ4v) is 3.58. The summed E-state index contributed by atoms with van der Waals surface area (Å²) in [5.41, 5.74) is 1.24. The smallest absolute Gasteiger partial charge is 0.191 e. The minimum atomic E-state index is 0.0956. The van der Waals surface area contributed by atoms with E-state index >= 15 is 0 Å². The summed E-state index contributed by atoms with van der Waals surface area (Å²) in [4.78, 5) is 11.9. The molecule has 0 saturated carbocycles. The van der Waals surface area contributed by atoms with E-state index in [0.29, 0.717) is 18.6 Å². The molecule has 2 N–H and O–H groups in total. The molecule has 1 heterocycles. The van der Waals surface area contributed by atoms with Gasteiger partial charge in [0.15, 0.2) is 5.96 Å². The summed E-state index contributed by atoms with van der Waals surface area (Å²) < 4.78 is 0. The number of aromatic nitrogens is 1. The number of aliphatic imine (C=N–C) groups is 1. The number of nitrogens with zero attached hydrogens (tertiary/aromatic N) is 3. The average Bonchev–Trinajstić information content (AvgIpc) is 2.97. The Morgan fingerprint density at radius 2 is 1.84 bits per heavy atom. The van der Waals surface area contributed by atoms with Crippen LogP contribution in [-0.4, -0.2) is 47.6 Å². The molecular weight excluding hydrogens is 330 g/mol. The van der Waals surface area contributed by atoms with Crippen LogP contribution in [0.3, 0.4) is 0 Å². The lowest BCUT2D eigenvalue weighted by atomic mass is 9.93. The van der Waals surface area contributed by atoms with Crippen molar-refractivity contribution in [1.29, 1.82) is 0 Å². The number of guanidine groups is 1. The maximum Gasteiger partial charge on any atom is 0.191 e. The molecule has 5 nitrogen and oxygen atoms in total. The molecule has 0 aliphatic heterocycles. The lowest BCUT2D eigenvalue weighted by Gasteiger charge is -2.30. The van der Waals surface area contributed by atoms with Crippen LogP contribution in [-0.2, 0) is 12.0 Å². The normalized spacial score (nSPS) is 13.2. The first-order valence-electron chi connectivity index (χ1n) is 9.38. The first-order valence-corrected chi connectivity index (χ1v) is 10.3. The Labute approximate surface area is 158 Å². The van der Waals surface area contributed by atoms with Crippen molar-refractivity contribution in [3.63, 3.8) is 0 Å². The van der Waals surface area contributed by atoms with Gasteiger partial charge in [0.05, 0.1) is 12.2 Å². The van der Waals surface area contributed by atoms with E-state index in [9.17, 15) is 0 Å². The molecule has 1 aromatic heterocycles. The molecule has 1 rings (SSSR count). The Hall–Kier alpha value is -1.14. The monoisotopic (exact) mass is 367 g/mol. The molecule has 0 fully saturated rings. The summed E-state index contributed by atoms with van der Waals surface area (Å²) in [6.45, 7) is 21.0. The zero-order chi connectivity index (χ0) is 19.0. The van der Waals surface area contributed by atoms with Crippen molar-refractivity contribution in [1.82, 2.24) is 20.5 Å². The highest BCUT2D eigenvalue weighted by molar-refractivity contribution is 7.09. The maximum atomic E-state index is 4.72. The third-order valence-electron chi connectivity index (χ3n) is 4.03. The number of hydrogen-bond acceptors (Lipinski definition) is 4. The quantitative estimate of drug-likeness (QED) is 0.544. The van der Waals surface area contributed by atoms with E-state index in [1.54, 1.807) is 11.3 Å². The minimum Gasteiger partial charge on any atom is -0.357 e. The molecule has 0 spiro atoms. The first kappa shape index (κ1) is 21.9. The van der Waals surface area contributed by atoms with Gasteiger partial charge >= 0.3 is 0 Å². The van der Waals surface area contributed by atoms with Crippen LogP contribution in [0.5, 0.6) is 0 Å². The van der Waals surface area contributed by atoms with Gasteiger partial charge in [0, 0.05) is 42.5 Å². The van der Waals surface area contributed by atoms with Gasteiger partial charge in [-0.05, 0) is 34.6 Å². The van der Waals surface area contributed by atoms with E-state index in [0.717, 1.165) is 36.3 Å². The zero-order valence-corrected chi connectivity index (χ0v) is 18.1. The van der Waals surface area contributed by atoms with E-state index in [-0.39, 0.29) is 5.41 Å². The molecule has 0 aliphatic carbocycles. The second kappa shape index (κ2) is 10.1. The molecule has 0 amide bonds. The summed E-state index contributed by atoms with van der Waals surface area (Å²) in [5, 5.41) is 9.97. The second-order valence-electron chi connectivity index (χ2n) is 7.92. The molecule has 0 radical (unpaired) electrons. The molecule has 0 aromatic carbocycles. The van der Waals surface area contributed by atoms with Crippen molar-refractivity contribution in [2.24, 2.45) is 4.99 Å². The predicted molar refractivity (Wildman–Crippen MR) is 111 cm³/mol. The molecule has 0 saturated heterocycles. The molecule has 144 valence electrons. The largest absolute Gasteiger partial charge is 0.357 e. The average molecular weight is 368 g/mol. The van der Waals surface area contributed by atoms with E-state index < -0.39 is 0 Å². The van der Waals surface area contributed by atoms with E-state index in [4.69, 9.17) is 4.98 Å². The third kappa shape index (κ3) is 7.74. The Morgan fingerprint density at radius 3 is 2.32 bits per heavy atom. The van der Waals surface area contributed by atoms with Gasteiger partial charge in [0.25, 0.3) is 0 Å². The fraction of sp³-hybridized carbons (Fsp3) is 0.789. The SMILES string of the molecule is CCNC(=NCc1nc(C(C)(C)C)cs1)NCCN(C(C)C)C(C)C. The number of nitrogens with one attached hydrogen (secondary N) is 2. The van der Waals surface area contributed by atoms with Crippen LogP contribution in [0.15, 0.2) is 10.4 Å². The number of rotatable bonds is 8. The highest BCUT2D eigenvalue weighted by atomic mass is 32.1. The Morgan fingerprint density at radius 1 is 1.20 bits per heavy atom. The van der Waals surface area contributed by atoms with Crippen LogP contribution in [0.1, 0.15) is 66.1 Å². The van der Waals surface area contributed by atoms with Gasteiger partial charge in [0.2, 0.25) is 0 Å². The summed E-state index contributed by atoms with van der Waals surface area (Å²) in [6, 6.07) is 1.10. The molecule has 6 heteroatoms. The van der Waals surface area contributed by atoms with Gasteiger partial charge in [-0.3, -0.25) is 4.90 Å². The lowest BCUT2D eigenvalue weighted by molar-refractivity contribution is 0.178. The summed E-state index contributed by atoms with van der Waals surface area (Å²) in [7, 11) is 0. The second-order valence-corrected chi connectivity index (χ2v) is 8.87. The summed E-state index contributed by atoms with van der Waals surface area (Å²) in [5.74, 6) is 0.863. The Kier molecular flexibility index (Phi) is 8.86. The Balaban J connectivity index is 2.60. The van der Waals surface area contributed by atoms with Crippen LogP contribution in [0, 0.1) is 0 Å². The zero-order valence-electron chi connectivity index (χ0n) is 17.3. The van der Waals surface area contributed by atoms with Crippen LogP contribution >= 0.6 is 11.3 Å². The van der Waals surface area contributed by atoms with E-state index in [1.165, 1.54) is 0 Å². The summed E-state index contributed by atoms with van der Waals surface area (Å²) in [6.07, 6.45) is 0. The van der Waals surface area contributed by atoms with Gasteiger partial charge in [-0.2, -0.15) is 0 Å². The van der Waals surface area contributed by atoms with Crippen molar-refractivity contribution >= 4 is 17.3 Å². The van der Waals surface area contributed by atoms with Crippen molar-refractivity contribution in [3.05, 3.63) is 16.1 Å². The van der Waals surface area contributed by atoms with Gasteiger partial charge in [-0.1, -0.05) is 20.8 Å². The van der Waals surface area contributed by atoms with Crippen molar-refractivity contribution in [3.8, 4) is 0 Å². The molecule has 0 aliphatic rings. The van der Waals surface area contributed by atoms with Gasteiger partial charge in [-0.25, -0.2) is 9.98 Å². The van der Waals surface area contributed by atoms with Crippen molar-refractivity contribution in [2.45, 2.75) is 79.4 Å². The highest BCUT2D eigenvalue weighted by Gasteiger charge is 2.17. The topological polar surface area (TPSA) is 52.6 Å².